The fourth-order valence-electron chi connectivity index (χ4n) is 1.31. The summed E-state index contributed by atoms with van der Waals surface area (Å²) in [6.45, 7) is 9.76. The van der Waals surface area contributed by atoms with E-state index in [4.69, 9.17) is 5.73 Å². The van der Waals surface area contributed by atoms with Crippen LogP contribution >= 0.6 is 0 Å². The summed E-state index contributed by atoms with van der Waals surface area (Å²) < 4.78 is 0. The van der Waals surface area contributed by atoms with Crippen molar-refractivity contribution < 1.29 is 4.79 Å². The summed E-state index contributed by atoms with van der Waals surface area (Å²) in [6.07, 6.45) is 0.750. The van der Waals surface area contributed by atoms with Crippen LogP contribution in [0.4, 0.5) is 0 Å². The van der Waals surface area contributed by atoms with Crippen LogP contribution in [-0.2, 0) is 4.79 Å². The summed E-state index contributed by atoms with van der Waals surface area (Å²) in [5, 5.41) is 0. The van der Waals surface area contributed by atoms with Crippen LogP contribution in [0.2, 0.25) is 0 Å². The molecule has 0 spiro atoms. The molecule has 86 valence electrons. The van der Waals surface area contributed by atoms with E-state index in [9.17, 15) is 4.79 Å². The lowest BCUT2D eigenvalue weighted by atomic mass is 9.86. The molecule has 0 atom stereocenters. The molecule has 0 aliphatic heterocycles. The number of rotatable bonds is 4. The minimum absolute atomic E-state index is 0.699. The van der Waals surface area contributed by atoms with Gasteiger partial charge < -0.3 is 10.6 Å². The van der Waals surface area contributed by atoms with Crippen LogP contribution in [-0.4, -0.2) is 32.0 Å². The Morgan fingerprint density at radius 3 is 1.43 bits per heavy atom. The standard InChI is InChI=1S/C8H19N.C3H7NO/c1-6(2)8(5-9)7(3)4;1-4(2)3-5/h6-8H,5,9H2,1-4H3;3H,1-2H3. The predicted octanol–water partition coefficient (Wildman–Crippen LogP) is 1.58. The molecule has 14 heavy (non-hydrogen) atoms. The number of nitrogens with zero attached hydrogens (tertiary/aromatic N) is 1. The highest BCUT2D eigenvalue weighted by molar-refractivity contribution is 5.45. The average Bonchev–Trinajstić information content (AvgIpc) is 2.05. The minimum Gasteiger partial charge on any atom is -0.351 e. The molecule has 0 aliphatic rings. The van der Waals surface area contributed by atoms with Crippen molar-refractivity contribution in [1.29, 1.82) is 0 Å². The topological polar surface area (TPSA) is 46.3 Å². The highest BCUT2D eigenvalue weighted by atomic mass is 16.1. The number of carbonyl (C=O) groups is 1. The third-order valence-corrected chi connectivity index (χ3v) is 2.20. The molecule has 0 saturated heterocycles. The van der Waals surface area contributed by atoms with Crippen molar-refractivity contribution >= 4 is 6.41 Å². The van der Waals surface area contributed by atoms with Crippen LogP contribution in [0.25, 0.3) is 0 Å². The smallest absolute Gasteiger partial charge is 0.209 e. The van der Waals surface area contributed by atoms with Crippen LogP contribution in [0.5, 0.6) is 0 Å². The molecule has 0 bridgehead atoms. The summed E-state index contributed by atoms with van der Waals surface area (Å²) >= 11 is 0. The first-order valence-electron chi connectivity index (χ1n) is 5.18. The van der Waals surface area contributed by atoms with E-state index in [0.717, 1.165) is 24.8 Å². The molecule has 0 radical (unpaired) electrons. The van der Waals surface area contributed by atoms with Crippen molar-refractivity contribution in [2.24, 2.45) is 23.5 Å². The van der Waals surface area contributed by atoms with Gasteiger partial charge in [-0.3, -0.25) is 4.79 Å². The number of carbonyl (C=O) groups excluding carboxylic acids is 1. The van der Waals surface area contributed by atoms with Gasteiger partial charge in [0.2, 0.25) is 6.41 Å². The van der Waals surface area contributed by atoms with Gasteiger partial charge in [0.15, 0.2) is 0 Å². The van der Waals surface area contributed by atoms with Gasteiger partial charge in [0.05, 0.1) is 0 Å². The maximum absolute atomic E-state index is 9.43. The van der Waals surface area contributed by atoms with Gasteiger partial charge in [0.25, 0.3) is 0 Å². The molecule has 0 heterocycles. The first-order chi connectivity index (χ1) is 6.36. The maximum Gasteiger partial charge on any atom is 0.209 e. The van der Waals surface area contributed by atoms with E-state index < -0.39 is 0 Å². The maximum atomic E-state index is 9.43. The van der Waals surface area contributed by atoms with Crippen molar-refractivity contribution in [3.05, 3.63) is 0 Å². The molecule has 1 amide bonds. The van der Waals surface area contributed by atoms with Gasteiger partial charge in [-0.05, 0) is 24.3 Å². The largest absolute Gasteiger partial charge is 0.351 e. The Morgan fingerprint density at radius 1 is 1.14 bits per heavy atom. The first-order valence-corrected chi connectivity index (χ1v) is 5.18. The fourth-order valence-corrected chi connectivity index (χ4v) is 1.31. The average molecular weight is 202 g/mol. The van der Waals surface area contributed by atoms with Gasteiger partial charge in [0, 0.05) is 14.1 Å². The van der Waals surface area contributed by atoms with Crippen molar-refractivity contribution in [2.45, 2.75) is 27.7 Å². The quantitative estimate of drug-likeness (QED) is 0.704. The Hall–Kier alpha value is -0.570. The zero-order valence-corrected chi connectivity index (χ0v) is 10.4. The van der Waals surface area contributed by atoms with E-state index in [1.807, 2.05) is 0 Å². The van der Waals surface area contributed by atoms with E-state index in [-0.39, 0.29) is 0 Å². The Kier molecular flexibility index (Phi) is 10.2. The summed E-state index contributed by atoms with van der Waals surface area (Å²) in [5.41, 5.74) is 5.57. The molecule has 0 unspecified atom stereocenters. The first kappa shape index (κ1) is 15.9. The van der Waals surface area contributed by atoms with Crippen LogP contribution in [0, 0.1) is 17.8 Å². The zero-order valence-electron chi connectivity index (χ0n) is 10.4. The van der Waals surface area contributed by atoms with Gasteiger partial charge in [-0.1, -0.05) is 27.7 Å². The Morgan fingerprint density at radius 2 is 1.43 bits per heavy atom. The summed E-state index contributed by atoms with van der Waals surface area (Å²) in [5.74, 6) is 2.16. The molecule has 0 fully saturated rings. The molecule has 0 aromatic rings. The second-order valence-electron chi connectivity index (χ2n) is 4.46. The third kappa shape index (κ3) is 9.52. The van der Waals surface area contributed by atoms with E-state index in [1.165, 1.54) is 4.90 Å². The number of amides is 1. The highest BCUT2D eigenvalue weighted by Gasteiger charge is 2.14. The van der Waals surface area contributed by atoms with Crippen molar-refractivity contribution in [3.63, 3.8) is 0 Å². The highest BCUT2D eigenvalue weighted by Crippen LogP contribution is 2.18. The van der Waals surface area contributed by atoms with Crippen LogP contribution in [0.15, 0.2) is 0 Å². The molecular formula is C11H26N2O. The second kappa shape index (κ2) is 9.00. The second-order valence-corrected chi connectivity index (χ2v) is 4.46. The third-order valence-electron chi connectivity index (χ3n) is 2.20. The fraction of sp³-hybridized carbons (Fsp3) is 0.909. The summed E-state index contributed by atoms with van der Waals surface area (Å²) in [7, 11) is 3.38. The summed E-state index contributed by atoms with van der Waals surface area (Å²) in [6, 6.07) is 0. The number of hydrogen-bond acceptors (Lipinski definition) is 2. The monoisotopic (exact) mass is 202 g/mol. The van der Waals surface area contributed by atoms with E-state index >= 15 is 0 Å². The zero-order chi connectivity index (χ0) is 11.7. The molecule has 3 heteroatoms. The summed E-state index contributed by atoms with van der Waals surface area (Å²) in [4.78, 5) is 10.9. The Balaban J connectivity index is 0. The SMILES string of the molecule is CC(C)C(CN)C(C)C.CN(C)C=O. The van der Waals surface area contributed by atoms with Gasteiger partial charge in [-0.2, -0.15) is 0 Å². The van der Waals surface area contributed by atoms with Gasteiger partial charge >= 0.3 is 0 Å². The van der Waals surface area contributed by atoms with E-state index in [0.29, 0.717) is 5.92 Å². The molecule has 2 N–H and O–H groups in total. The van der Waals surface area contributed by atoms with Crippen molar-refractivity contribution in [3.8, 4) is 0 Å². The Labute approximate surface area is 88.7 Å². The van der Waals surface area contributed by atoms with Crippen LogP contribution in [0.1, 0.15) is 27.7 Å². The van der Waals surface area contributed by atoms with Crippen molar-refractivity contribution in [2.75, 3.05) is 20.6 Å². The lowest BCUT2D eigenvalue weighted by molar-refractivity contribution is -0.115. The predicted molar refractivity (Wildman–Crippen MR) is 62.0 cm³/mol. The molecule has 0 saturated carbocycles. The molecule has 0 aromatic carbocycles. The molecular weight excluding hydrogens is 176 g/mol. The van der Waals surface area contributed by atoms with Gasteiger partial charge in [-0.15, -0.1) is 0 Å². The normalized spacial score (nSPS) is 10.1. The minimum atomic E-state index is 0.699. The van der Waals surface area contributed by atoms with Gasteiger partial charge in [0.1, 0.15) is 0 Å². The molecule has 0 rings (SSSR count). The van der Waals surface area contributed by atoms with Crippen LogP contribution in [0.3, 0.4) is 0 Å². The number of hydrogen-bond donors (Lipinski definition) is 1. The van der Waals surface area contributed by atoms with Crippen LogP contribution < -0.4 is 5.73 Å². The van der Waals surface area contributed by atoms with Gasteiger partial charge in [-0.25, -0.2) is 0 Å². The lowest BCUT2D eigenvalue weighted by Crippen LogP contribution is -2.24. The Bertz CT molecular complexity index is 125. The van der Waals surface area contributed by atoms with E-state index in [1.54, 1.807) is 14.1 Å². The van der Waals surface area contributed by atoms with Crippen molar-refractivity contribution in [1.82, 2.24) is 4.90 Å². The van der Waals surface area contributed by atoms with E-state index in [2.05, 4.69) is 27.7 Å². The lowest BCUT2D eigenvalue weighted by Gasteiger charge is -2.22. The molecule has 0 aliphatic carbocycles. The number of nitrogens with two attached hydrogens (primary N) is 1. The molecule has 3 nitrogen and oxygen atoms in total. The molecule has 0 aromatic heterocycles.